The zero-order valence-corrected chi connectivity index (χ0v) is 19.4. The fourth-order valence-electron chi connectivity index (χ4n) is 3.38. The summed E-state index contributed by atoms with van der Waals surface area (Å²) in [5.41, 5.74) is 9.81. The Labute approximate surface area is 168 Å². The fourth-order valence-corrected chi connectivity index (χ4v) is 9.29. The van der Waals surface area contributed by atoms with Gasteiger partial charge in [0, 0.05) is 6.42 Å². The van der Waals surface area contributed by atoms with Crippen molar-refractivity contribution >= 4 is 19.1 Å². The first kappa shape index (κ1) is 28.5. The smallest absolute Gasteiger partial charge is 0.320 e. The molecule has 5 N–H and O–H groups in total. The van der Waals surface area contributed by atoms with Gasteiger partial charge in [-0.05, 0) is 6.42 Å². The topological polar surface area (TPSA) is 106 Å². The van der Waals surface area contributed by atoms with Crippen molar-refractivity contribution in [1.29, 1.82) is 0 Å². The maximum Gasteiger partial charge on any atom is 0.320 e. The van der Waals surface area contributed by atoms with Gasteiger partial charge in [0.15, 0.2) is 0 Å². The number of unbranched alkanes of at least 4 members (excludes halogenated alkanes) is 4. The minimum Gasteiger partial charge on any atom is -0.480 e. The molecule has 0 heterocycles. The minimum absolute atomic E-state index is 0.0213. The summed E-state index contributed by atoms with van der Waals surface area (Å²) in [6.45, 7) is 9.44. The van der Waals surface area contributed by atoms with Crippen LogP contribution in [0.15, 0.2) is 0 Å². The molecule has 0 aromatic carbocycles. The van der Waals surface area contributed by atoms with Gasteiger partial charge in [0.1, 0.15) is 6.04 Å². The third-order valence-electron chi connectivity index (χ3n) is 5.26. The molecule has 1 atom stereocenters. The van der Waals surface area contributed by atoms with Gasteiger partial charge < -0.3 is 16.6 Å². The maximum atomic E-state index is 10.1. The molecule has 0 spiro atoms. The van der Waals surface area contributed by atoms with Crippen molar-refractivity contribution < 1.29 is 14.7 Å². The third kappa shape index (κ3) is 17.2. The Bertz CT molecular complexity index is 341. The predicted molar refractivity (Wildman–Crippen MR) is 121 cm³/mol. The maximum absolute atomic E-state index is 10.1. The monoisotopic (exact) mass is 406 g/mol. The average molecular weight is 407 g/mol. The van der Waals surface area contributed by atoms with E-state index in [1.54, 1.807) is 24.6 Å². The third-order valence-corrected chi connectivity index (χ3v) is 10.9. The number of nitrogens with two attached hydrogens (primary N) is 2. The molecule has 0 unspecified atom stereocenters. The molecule has 1 amide bonds. The average Bonchev–Trinajstić information content (AvgIpc) is 2.65. The van der Waals surface area contributed by atoms with Gasteiger partial charge in [0.05, 0.1) is 0 Å². The van der Waals surface area contributed by atoms with Crippen LogP contribution in [0.4, 0.5) is 0 Å². The number of amides is 1. The zero-order valence-electron chi connectivity index (χ0n) is 18.4. The van der Waals surface area contributed by atoms with Crippen LogP contribution in [0.5, 0.6) is 0 Å². The first-order valence-electron chi connectivity index (χ1n) is 11.0. The van der Waals surface area contributed by atoms with Crippen molar-refractivity contribution in [2.75, 3.05) is 24.6 Å². The summed E-state index contributed by atoms with van der Waals surface area (Å²) in [5.74, 6) is -1.64. The van der Waals surface area contributed by atoms with Crippen molar-refractivity contribution in [1.82, 2.24) is 0 Å². The molecule has 0 rings (SSSR count). The van der Waals surface area contributed by atoms with Crippen LogP contribution >= 0.6 is 7.26 Å². The first-order chi connectivity index (χ1) is 12.8. The van der Waals surface area contributed by atoms with Crippen LogP contribution in [-0.2, 0) is 9.59 Å². The summed E-state index contributed by atoms with van der Waals surface area (Å²) < 4.78 is 0. The van der Waals surface area contributed by atoms with Crippen LogP contribution < -0.4 is 11.5 Å². The molecule has 0 fully saturated rings. The van der Waals surface area contributed by atoms with Crippen molar-refractivity contribution in [3.8, 4) is 0 Å². The molecule has 0 saturated carbocycles. The number of carbonyl (C=O) groups excluding carboxylic acids is 1. The van der Waals surface area contributed by atoms with Crippen molar-refractivity contribution in [2.24, 2.45) is 11.5 Å². The molecule has 0 aromatic heterocycles. The van der Waals surface area contributed by atoms with E-state index < -0.39 is 25.2 Å². The van der Waals surface area contributed by atoms with Gasteiger partial charge in [-0.2, -0.15) is 0 Å². The second kappa shape index (κ2) is 18.7. The molecule has 5 nitrogen and oxygen atoms in total. The van der Waals surface area contributed by atoms with Crippen molar-refractivity contribution in [3.63, 3.8) is 0 Å². The quantitative estimate of drug-likeness (QED) is 0.326. The number of hydrogen-bond acceptors (Lipinski definition) is 3. The molecule has 0 aliphatic heterocycles. The number of primary amides is 1. The molecule has 0 aliphatic carbocycles. The molecule has 6 heteroatoms. The van der Waals surface area contributed by atoms with Gasteiger partial charge in [-0.15, -0.1) is 0 Å². The Hall–Kier alpha value is -0.670. The largest absolute Gasteiger partial charge is 0.480 e. The molecular weight excluding hydrogens is 359 g/mol. The summed E-state index contributed by atoms with van der Waals surface area (Å²) in [7, 11) is -0.879. The molecule has 27 heavy (non-hydrogen) atoms. The van der Waals surface area contributed by atoms with E-state index in [1.165, 1.54) is 51.4 Å². The standard InChI is InChI=1S/C16H37P.C5H10N2O3/c1-5-9-13-17(14-10-6-2,15-11-7-3)16-12-8-4;6-3(5(9)10)1-2-4(7)8/h17H,5-16H2,1-4H3;3H,1-2,6H2,(H2,7,8)(H,9,10)/t;3-/m.0/s1. The summed E-state index contributed by atoms with van der Waals surface area (Å²) in [6, 6.07) is -0.979. The molecule has 164 valence electrons. The molecule has 0 aromatic rings. The molecule has 0 aliphatic rings. The van der Waals surface area contributed by atoms with E-state index >= 15 is 0 Å². The van der Waals surface area contributed by atoms with Crippen LogP contribution in [-0.4, -0.2) is 47.7 Å². The predicted octanol–water partition coefficient (Wildman–Crippen LogP) is 4.60. The Balaban J connectivity index is 0. The second-order valence-electron chi connectivity index (χ2n) is 7.86. The zero-order chi connectivity index (χ0) is 21.1. The van der Waals surface area contributed by atoms with Gasteiger partial charge >= 0.3 is 117 Å². The summed E-state index contributed by atoms with van der Waals surface area (Å²) in [4.78, 5) is 20.1. The van der Waals surface area contributed by atoms with Crippen LogP contribution in [0, 0.1) is 0 Å². The van der Waals surface area contributed by atoms with E-state index in [4.69, 9.17) is 16.6 Å². The summed E-state index contributed by atoms with van der Waals surface area (Å²) in [5, 5.41) is 8.22. The Morgan fingerprint density at radius 2 is 1.15 bits per heavy atom. The van der Waals surface area contributed by atoms with Crippen LogP contribution in [0.1, 0.15) is 91.9 Å². The van der Waals surface area contributed by atoms with E-state index in [-0.39, 0.29) is 12.8 Å². The summed E-state index contributed by atoms with van der Waals surface area (Å²) >= 11 is 0. The number of hydrogen-bond donors (Lipinski definition) is 3. The number of carboxylic acids is 1. The number of carbonyl (C=O) groups is 2. The van der Waals surface area contributed by atoms with Gasteiger partial charge in [0.25, 0.3) is 0 Å². The van der Waals surface area contributed by atoms with E-state index in [0.717, 1.165) is 0 Å². The summed E-state index contributed by atoms with van der Waals surface area (Å²) in [6.07, 6.45) is 18.3. The minimum atomic E-state index is -1.11. The van der Waals surface area contributed by atoms with E-state index in [9.17, 15) is 9.59 Å². The van der Waals surface area contributed by atoms with E-state index in [2.05, 4.69) is 27.7 Å². The van der Waals surface area contributed by atoms with Crippen LogP contribution in [0.2, 0.25) is 0 Å². The molecule has 0 saturated heterocycles. The van der Waals surface area contributed by atoms with E-state index in [0.29, 0.717) is 0 Å². The molecule has 0 bridgehead atoms. The normalized spacial score (nSPS) is 12.8. The number of rotatable bonds is 16. The van der Waals surface area contributed by atoms with E-state index in [1.807, 2.05) is 0 Å². The van der Waals surface area contributed by atoms with Crippen LogP contribution in [0.25, 0.3) is 0 Å². The SMILES string of the molecule is CCCC[PH](CCCC)(CCCC)CCCC.NC(=O)CC[C@H](N)C(=O)O. The van der Waals surface area contributed by atoms with Gasteiger partial charge in [0.2, 0.25) is 5.91 Å². The molecule has 0 radical (unpaired) electrons. The van der Waals surface area contributed by atoms with Crippen molar-refractivity contribution in [2.45, 2.75) is 97.9 Å². The Morgan fingerprint density at radius 1 is 0.815 bits per heavy atom. The van der Waals surface area contributed by atoms with Gasteiger partial charge in [-0.1, -0.05) is 0 Å². The fraction of sp³-hybridized carbons (Fsp3) is 0.905. The van der Waals surface area contributed by atoms with Gasteiger partial charge in [-0.3, -0.25) is 9.59 Å². The number of carboxylic acid groups (broad SMARTS) is 1. The van der Waals surface area contributed by atoms with Gasteiger partial charge in [-0.25, -0.2) is 0 Å². The Morgan fingerprint density at radius 3 is 1.37 bits per heavy atom. The Kier molecular flexibility index (Phi) is 19.7. The van der Waals surface area contributed by atoms with Crippen LogP contribution in [0.3, 0.4) is 0 Å². The van der Waals surface area contributed by atoms with Crippen molar-refractivity contribution in [3.05, 3.63) is 0 Å². The first-order valence-corrected chi connectivity index (χ1v) is 13.9. The second-order valence-corrected chi connectivity index (χ2v) is 12.9. The number of aliphatic carboxylic acids is 1. The molecular formula is C21H47N2O3P.